The summed E-state index contributed by atoms with van der Waals surface area (Å²) >= 11 is 0. The van der Waals surface area contributed by atoms with Crippen LogP contribution in [0.3, 0.4) is 0 Å². The largest absolute Gasteiger partial charge is 0.322 e. The number of anilines is 1. The number of aromatic nitrogens is 1. The standard InChI is InChI=1S/C16H14FN5O/c17-11-5-1-2-6-12(11)22-16(23)14-15(18)20-9-13(21-14)10-4-3-7-19-8-10/h1-9,14-15H,18H2,(H,22,23). The number of hydrogen-bond acceptors (Lipinski definition) is 5. The van der Waals surface area contributed by atoms with Crippen LogP contribution in [0, 0.1) is 5.82 Å². The van der Waals surface area contributed by atoms with E-state index in [1.54, 1.807) is 36.7 Å². The zero-order valence-corrected chi connectivity index (χ0v) is 12.1. The maximum absolute atomic E-state index is 13.6. The summed E-state index contributed by atoms with van der Waals surface area (Å²) in [5.74, 6) is -1.04. The van der Waals surface area contributed by atoms with Crippen LogP contribution in [0.2, 0.25) is 0 Å². The van der Waals surface area contributed by atoms with Gasteiger partial charge in [0, 0.05) is 24.2 Å². The van der Waals surface area contributed by atoms with Crippen molar-refractivity contribution in [1.29, 1.82) is 0 Å². The quantitative estimate of drug-likeness (QED) is 0.897. The number of carbonyl (C=O) groups is 1. The SMILES string of the molecule is NC1N=CC(c2cccnc2)=NC1C(=O)Nc1ccccc1F. The van der Waals surface area contributed by atoms with E-state index >= 15 is 0 Å². The fourth-order valence-corrected chi connectivity index (χ4v) is 2.14. The van der Waals surface area contributed by atoms with Crippen molar-refractivity contribution in [2.24, 2.45) is 15.7 Å². The van der Waals surface area contributed by atoms with Gasteiger partial charge in [0.15, 0.2) is 6.04 Å². The summed E-state index contributed by atoms with van der Waals surface area (Å²) in [6, 6.07) is 8.53. The zero-order valence-electron chi connectivity index (χ0n) is 12.1. The van der Waals surface area contributed by atoms with Crippen LogP contribution in [0.15, 0.2) is 58.8 Å². The van der Waals surface area contributed by atoms with E-state index in [-0.39, 0.29) is 5.69 Å². The maximum atomic E-state index is 13.6. The van der Waals surface area contributed by atoms with E-state index < -0.39 is 23.9 Å². The van der Waals surface area contributed by atoms with Crippen molar-refractivity contribution < 1.29 is 9.18 Å². The van der Waals surface area contributed by atoms with Gasteiger partial charge < -0.3 is 11.1 Å². The van der Waals surface area contributed by atoms with E-state index in [2.05, 4.69) is 20.3 Å². The molecule has 0 radical (unpaired) electrons. The first kappa shape index (κ1) is 15.0. The molecule has 0 bridgehead atoms. The minimum atomic E-state index is -0.935. The Kier molecular flexibility index (Phi) is 4.20. The number of halogens is 1. The molecule has 1 aromatic heterocycles. The average molecular weight is 311 g/mol. The van der Waals surface area contributed by atoms with Gasteiger partial charge in [-0.2, -0.15) is 0 Å². The lowest BCUT2D eigenvalue weighted by Gasteiger charge is -2.21. The summed E-state index contributed by atoms with van der Waals surface area (Å²) in [4.78, 5) is 24.8. The Morgan fingerprint density at radius 1 is 1.22 bits per heavy atom. The van der Waals surface area contributed by atoms with Crippen LogP contribution >= 0.6 is 0 Å². The third-order valence-electron chi connectivity index (χ3n) is 3.33. The molecule has 7 heteroatoms. The summed E-state index contributed by atoms with van der Waals surface area (Å²) in [7, 11) is 0. The van der Waals surface area contributed by atoms with Gasteiger partial charge in [0.05, 0.1) is 11.4 Å². The Morgan fingerprint density at radius 3 is 2.78 bits per heavy atom. The third-order valence-corrected chi connectivity index (χ3v) is 3.33. The van der Waals surface area contributed by atoms with Crippen LogP contribution in [0.5, 0.6) is 0 Å². The Bertz CT molecular complexity index is 775. The Morgan fingerprint density at radius 2 is 2.04 bits per heavy atom. The molecule has 6 nitrogen and oxygen atoms in total. The summed E-state index contributed by atoms with van der Waals surface area (Å²) < 4.78 is 13.6. The van der Waals surface area contributed by atoms with E-state index in [9.17, 15) is 9.18 Å². The van der Waals surface area contributed by atoms with Crippen LogP contribution < -0.4 is 11.1 Å². The fraction of sp³-hybridized carbons (Fsp3) is 0.125. The molecule has 3 rings (SSSR count). The van der Waals surface area contributed by atoms with Crippen molar-refractivity contribution in [2.45, 2.75) is 12.2 Å². The first-order valence-electron chi connectivity index (χ1n) is 6.97. The smallest absolute Gasteiger partial charge is 0.252 e. The van der Waals surface area contributed by atoms with Crippen molar-refractivity contribution in [3.63, 3.8) is 0 Å². The predicted molar refractivity (Wildman–Crippen MR) is 86.1 cm³/mol. The second-order valence-electron chi connectivity index (χ2n) is 4.94. The van der Waals surface area contributed by atoms with Crippen molar-refractivity contribution in [2.75, 3.05) is 5.32 Å². The summed E-state index contributed by atoms with van der Waals surface area (Å²) in [6.45, 7) is 0. The number of para-hydroxylation sites is 1. The van der Waals surface area contributed by atoms with Crippen LogP contribution in [-0.2, 0) is 4.79 Å². The van der Waals surface area contributed by atoms with Gasteiger partial charge in [-0.25, -0.2) is 4.39 Å². The molecule has 2 aromatic rings. The molecule has 0 saturated carbocycles. The molecule has 23 heavy (non-hydrogen) atoms. The number of carbonyl (C=O) groups excluding carboxylic acids is 1. The van der Waals surface area contributed by atoms with E-state index in [1.165, 1.54) is 18.3 Å². The molecule has 0 fully saturated rings. The van der Waals surface area contributed by atoms with Gasteiger partial charge in [-0.1, -0.05) is 12.1 Å². The van der Waals surface area contributed by atoms with Gasteiger partial charge in [-0.15, -0.1) is 0 Å². The summed E-state index contributed by atoms with van der Waals surface area (Å²) in [5.41, 5.74) is 7.15. The highest BCUT2D eigenvalue weighted by molar-refractivity contribution is 6.39. The lowest BCUT2D eigenvalue weighted by molar-refractivity contribution is -0.117. The highest BCUT2D eigenvalue weighted by Gasteiger charge is 2.28. The number of amides is 1. The molecule has 0 spiro atoms. The average Bonchev–Trinajstić information content (AvgIpc) is 2.58. The van der Waals surface area contributed by atoms with Gasteiger partial charge >= 0.3 is 0 Å². The Balaban J connectivity index is 1.83. The van der Waals surface area contributed by atoms with E-state index in [0.717, 1.165) is 5.56 Å². The molecule has 1 aliphatic heterocycles. The number of rotatable bonds is 3. The lowest BCUT2D eigenvalue weighted by atomic mass is 10.1. The second kappa shape index (κ2) is 6.45. The van der Waals surface area contributed by atoms with Crippen LogP contribution in [-0.4, -0.2) is 35.0 Å². The molecule has 1 aliphatic rings. The number of aliphatic imine (C=N–C) groups is 2. The van der Waals surface area contributed by atoms with E-state index in [4.69, 9.17) is 5.73 Å². The van der Waals surface area contributed by atoms with E-state index in [1.807, 2.05) is 0 Å². The minimum absolute atomic E-state index is 0.0809. The first-order chi connectivity index (χ1) is 11.1. The minimum Gasteiger partial charge on any atom is -0.322 e. The molecule has 116 valence electrons. The number of nitrogens with zero attached hydrogens (tertiary/aromatic N) is 3. The molecule has 2 heterocycles. The summed E-state index contributed by atoms with van der Waals surface area (Å²) in [6.07, 6.45) is 3.95. The van der Waals surface area contributed by atoms with E-state index in [0.29, 0.717) is 5.71 Å². The molecular weight excluding hydrogens is 297 g/mol. The molecule has 0 aliphatic carbocycles. The van der Waals surface area contributed by atoms with Crippen molar-refractivity contribution in [1.82, 2.24) is 4.98 Å². The van der Waals surface area contributed by atoms with Crippen LogP contribution in [0.1, 0.15) is 5.56 Å². The van der Waals surface area contributed by atoms with Crippen molar-refractivity contribution >= 4 is 23.5 Å². The number of hydrogen-bond donors (Lipinski definition) is 2. The van der Waals surface area contributed by atoms with Gasteiger partial charge in [-0.3, -0.25) is 19.8 Å². The third kappa shape index (κ3) is 3.29. The lowest BCUT2D eigenvalue weighted by Crippen LogP contribution is -2.44. The van der Waals surface area contributed by atoms with Gasteiger partial charge in [0.25, 0.3) is 5.91 Å². The highest BCUT2D eigenvalue weighted by Crippen LogP contribution is 2.15. The Labute approximate surface area is 132 Å². The van der Waals surface area contributed by atoms with Crippen LogP contribution in [0.25, 0.3) is 0 Å². The molecular formula is C16H14FN5O. The predicted octanol–water partition coefficient (Wildman–Crippen LogP) is 1.39. The maximum Gasteiger partial charge on any atom is 0.252 e. The van der Waals surface area contributed by atoms with Crippen LogP contribution in [0.4, 0.5) is 10.1 Å². The van der Waals surface area contributed by atoms with Crippen molar-refractivity contribution in [3.8, 4) is 0 Å². The van der Waals surface area contributed by atoms with Gasteiger partial charge in [0.1, 0.15) is 12.0 Å². The normalized spacial score (nSPS) is 20.0. The second-order valence-corrected chi connectivity index (χ2v) is 4.94. The number of nitrogens with one attached hydrogen (secondary N) is 1. The number of pyridine rings is 1. The topological polar surface area (TPSA) is 92.7 Å². The highest BCUT2D eigenvalue weighted by atomic mass is 19.1. The van der Waals surface area contributed by atoms with Gasteiger partial charge in [0.2, 0.25) is 0 Å². The molecule has 1 amide bonds. The zero-order chi connectivity index (χ0) is 16.2. The molecule has 2 atom stereocenters. The molecule has 3 N–H and O–H groups in total. The number of benzene rings is 1. The summed E-state index contributed by atoms with van der Waals surface area (Å²) in [5, 5.41) is 2.49. The molecule has 0 saturated heterocycles. The molecule has 2 unspecified atom stereocenters. The Hall–Kier alpha value is -2.93. The van der Waals surface area contributed by atoms with Crippen molar-refractivity contribution in [3.05, 3.63) is 60.2 Å². The fourth-order valence-electron chi connectivity index (χ4n) is 2.14. The first-order valence-corrected chi connectivity index (χ1v) is 6.97. The molecule has 1 aromatic carbocycles. The van der Waals surface area contributed by atoms with Gasteiger partial charge in [-0.05, 0) is 24.3 Å². The monoisotopic (exact) mass is 311 g/mol. The number of nitrogens with two attached hydrogens (primary N) is 1.